The average Bonchev–Trinajstić information content (AvgIpc) is 2.84. The van der Waals surface area contributed by atoms with E-state index in [0.29, 0.717) is 0 Å². The van der Waals surface area contributed by atoms with Gasteiger partial charge in [-0.3, -0.25) is 4.79 Å². The summed E-state index contributed by atoms with van der Waals surface area (Å²) in [5.41, 5.74) is 0. The second kappa shape index (κ2) is 8.63. The van der Waals surface area contributed by atoms with Crippen LogP contribution in [0.5, 0.6) is 0 Å². The van der Waals surface area contributed by atoms with Gasteiger partial charge in [0.25, 0.3) is 0 Å². The Morgan fingerprint density at radius 2 is 1.71 bits per heavy atom. The third kappa shape index (κ3) is 5.35. The van der Waals surface area contributed by atoms with Crippen molar-refractivity contribution in [3.63, 3.8) is 0 Å². The lowest BCUT2D eigenvalue weighted by Crippen LogP contribution is -2.38. The molecular formula is C13H23F3N4O. The Hall–Kier alpha value is -1.60. The number of carbonyl (C=O) groups is 1. The molecule has 8 heteroatoms. The standard InChI is InChI=1S/C8H9F3N4O.C3H8.C2H6/c1-5(16)14-2-3-15-6(4-14)12-13-7(15)8(9,10)11;1-3-2;1-2/h2-4H2,1H3;3H2,1-2H3;1-2H3. The first-order valence-corrected chi connectivity index (χ1v) is 7.06. The highest BCUT2D eigenvalue weighted by atomic mass is 19.4. The molecule has 0 unspecified atom stereocenters. The Labute approximate surface area is 123 Å². The highest BCUT2D eigenvalue weighted by Crippen LogP contribution is 2.29. The molecule has 2 rings (SSSR count). The molecular weight excluding hydrogens is 285 g/mol. The van der Waals surface area contributed by atoms with Gasteiger partial charge in [0.2, 0.25) is 11.7 Å². The van der Waals surface area contributed by atoms with Gasteiger partial charge in [-0.15, -0.1) is 10.2 Å². The first-order chi connectivity index (χ1) is 9.81. The van der Waals surface area contributed by atoms with Crippen molar-refractivity contribution in [3.05, 3.63) is 11.6 Å². The predicted molar refractivity (Wildman–Crippen MR) is 73.4 cm³/mol. The number of nitrogens with zero attached hydrogens (tertiary/aromatic N) is 4. The fourth-order valence-corrected chi connectivity index (χ4v) is 1.64. The van der Waals surface area contributed by atoms with E-state index in [1.807, 2.05) is 13.8 Å². The maximum Gasteiger partial charge on any atom is 0.451 e. The number of amides is 1. The molecule has 0 bridgehead atoms. The summed E-state index contributed by atoms with van der Waals surface area (Å²) >= 11 is 0. The van der Waals surface area contributed by atoms with E-state index in [1.165, 1.54) is 18.2 Å². The second-order valence-electron chi connectivity index (χ2n) is 4.24. The van der Waals surface area contributed by atoms with Gasteiger partial charge in [0, 0.05) is 20.0 Å². The van der Waals surface area contributed by atoms with Crippen molar-refractivity contribution in [2.24, 2.45) is 0 Å². The number of hydrogen-bond donors (Lipinski definition) is 0. The minimum Gasteiger partial charge on any atom is -0.334 e. The van der Waals surface area contributed by atoms with Crippen LogP contribution in [0.2, 0.25) is 0 Å². The Bertz CT molecular complexity index is 443. The SMILES string of the molecule is CC.CC(=O)N1CCn2c(nnc2C(F)(F)F)C1.CCC. The Kier molecular flexibility index (Phi) is 7.98. The molecule has 0 aromatic carbocycles. The molecule has 1 aromatic heterocycles. The van der Waals surface area contributed by atoms with E-state index in [9.17, 15) is 18.0 Å². The summed E-state index contributed by atoms with van der Waals surface area (Å²) in [6, 6.07) is 0. The van der Waals surface area contributed by atoms with Crippen LogP contribution in [0.3, 0.4) is 0 Å². The molecule has 0 radical (unpaired) electrons. The molecule has 1 amide bonds. The lowest BCUT2D eigenvalue weighted by molar-refractivity contribution is -0.148. The van der Waals surface area contributed by atoms with Crippen LogP contribution < -0.4 is 0 Å². The molecule has 1 aromatic rings. The van der Waals surface area contributed by atoms with Crippen molar-refractivity contribution in [3.8, 4) is 0 Å². The van der Waals surface area contributed by atoms with Crippen LogP contribution in [0.25, 0.3) is 0 Å². The smallest absolute Gasteiger partial charge is 0.334 e. The number of halogens is 3. The predicted octanol–water partition coefficient (Wildman–Crippen LogP) is 3.10. The normalized spacial score (nSPS) is 13.4. The highest BCUT2D eigenvalue weighted by molar-refractivity contribution is 5.73. The number of rotatable bonds is 0. The lowest BCUT2D eigenvalue weighted by atomic mass is 10.3. The summed E-state index contributed by atoms with van der Waals surface area (Å²) in [5, 5.41) is 6.57. The van der Waals surface area contributed by atoms with Crippen LogP contribution in [0.1, 0.15) is 52.7 Å². The first kappa shape index (κ1) is 19.4. The Morgan fingerprint density at radius 1 is 1.19 bits per heavy atom. The van der Waals surface area contributed by atoms with Crippen LogP contribution in [-0.2, 0) is 24.1 Å². The molecule has 5 nitrogen and oxygen atoms in total. The van der Waals surface area contributed by atoms with Gasteiger partial charge in [-0.25, -0.2) is 0 Å². The van der Waals surface area contributed by atoms with Crippen molar-refractivity contribution in [1.82, 2.24) is 19.7 Å². The molecule has 1 aliphatic heterocycles. The minimum absolute atomic E-state index is 0.0801. The molecule has 0 fully saturated rings. The zero-order chi connectivity index (χ0) is 16.6. The molecule has 0 aliphatic carbocycles. The van der Waals surface area contributed by atoms with E-state index >= 15 is 0 Å². The van der Waals surface area contributed by atoms with Gasteiger partial charge in [-0.05, 0) is 0 Å². The lowest BCUT2D eigenvalue weighted by Gasteiger charge is -2.26. The fourth-order valence-electron chi connectivity index (χ4n) is 1.64. The number of fused-ring (bicyclic) bond motifs is 1. The van der Waals surface area contributed by atoms with Gasteiger partial charge >= 0.3 is 6.18 Å². The topological polar surface area (TPSA) is 51.0 Å². The van der Waals surface area contributed by atoms with E-state index in [-0.39, 0.29) is 31.4 Å². The molecule has 21 heavy (non-hydrogen) atoms. The summed E-state index contributed by atoms with van der Waals surface area (Å²) < 4.78 is 38.4. The van der Waals surface area contributed by atoms with Crippen molar-refractivity contribution in [2.45, 2.75) is 60.3 Å². The van der Waals surface area contributed by atoms with E-state index in [2.05, 4.69) is 24.0 Å². The van der Waals surface area contributed by atoms with Crippen LogP contribution in [0, 0.1) is 0 Å². The third-order valence-corrected chi connectivity index (χ3v) is 2.45. The second-order valence-corrected chi connectivity index (χ2v) is 4.24. The highest BCUT2D eigenvalue weighted by Gasteiger charge is 2.39. The van der Waals surface area contributed by atoms with E-state index in [0.717, 1.165) is 4.57 Å². The monoisotopic (exact) mass is 308 g/mol. The summed E-state index contributed by atoms with van der Waals surface area (Å²) in [6.45, 7) is 10.0. The number of hydrogen-bond acceptors (Lipinski definition) is 3. The maximum absolute atomic E-state index is 12.5. The Balaban J connectivity index is 0.000000713. The van der Waals surface area contributed by atoms with E-state index in [1.54, 1.807) is 0 Å². The number of alkyl halides is 3. The zero-order valence-corrected chi connectivity index (χ0v) is 13.2. The van der Waals surface area contributed by atoms with Gasteiger partial charge < -0.3 is 9.47 Å². The minimum atomic E-state index is -4.50. The molecule has 0 spiro atoms. The number of carbonyl (C=O) groups excluding carboxylic acids is 1. The first-order valence-electron chi connectivity index (χ1n) is 7.06. The van der Waals surface area contributed by atoms with Crippen LogP contribution in [-0.4, -0.2) is 32.1 Å². The van der Waals surface area contributed by atoms with E-state index in [4.69, 9.17) is 0 Å². The summed E-state index contributed by atoms with van der Waals surface area (Å²) in [5.74, 6) is -0.998. The third-order valence-electron chi connectivity index (χ3n) is 2.45. The van der Waals surface area contributed by atoms with Crippen molar-refractivity contribution < 1.29 is 18.0 Å². The molecule has 2 heterocycles. The number of aromatic nitrogens is 3. The fraction of sp³-hybridized carbons (Fsp3) is 0.769. The average molecular weight is 308 g/mol. The molecule has 0 saturated heterocycles. The van der Waals surface area contributed by atoms with Gasteiger partial charge in [0.05, 0.1) is 6.54 Å². The van der Waals surface area contributed by atoms with Crippen molar-refractivity contribution >= 4 is 5.91 Å². The quantitative estimate of drug-likeness (QED) is 0.740. The molecule has 122 valence electrons. The van der Waals surface area contributed by atoms with Crippen LogP contribution >= 0.6 is 0 Å². The van der Waals surface area contributed by atoms with Crippen LogP contribution in [0.15, 0.2) is 0 Å². The van der Waals surface area contributed by atoms with Gasteiger partial charge in [-0.1, -0.05) is 34.1 Å². The summed E-state index contributed by atoms with van der Waals surface area (Å²) in [7, 11) is 0. The zero-order valence-electron chi connectivity index (χ0n) is 13.2. The molecule has 1 aliphatic rings. The Morgan fingerprint density at radius 3 is 2.14 bits per heavy atom. The summed E-state index contributed by atoms with van der Waals surface area (Å²) in [4.78, 5) is 12.5. The molecule has 0 saturated carbocycles. The van der Waals surface area contributed by atoms with Gasteiger partial charge in [0.15, 0.2) is 5.82 Å². The largest absolute Gasteiger partial charge is 0.451 e. The van der Waals surface area contributed by atoms with Gasteiger partial charge in [0.1, 0.15) is 0 Å². The summed E-state index contributed by atoms with van der Waals surface area (Å²) in [6.07, 6.45) is -3.25. The maximum atomic E-state index is 12.5. The molecule has 0 N–H and O–H groups in total. The molecule has 0 atom stereocenters. The van der Waals surface area contributed by atoms with Crippen LogP contribution in [0.4, 0.5) is 13.2 Å². The van der Waals surface area contributed by atoms with Gasteiger partial charge in [-0.2, -0.15) is 13.2 Å². The van der Waals surface area contributed by atoms with Crippen molar-refractivity contribution in [2.75, 3.05) is 6.54 Å². The van der Waals surface area contributed by atoms with Crippen molar-refractivity contribution in [1.29, 1.82) is 0 Å². The van der Waals surface area contributed by atoms with E-state index < -0.39 is 12.0 Å².